The van der Waals surface area contributed by atoms with Gasteiger partial charge in [0.2, 0.25) is 0 Å². The molecule has 0 aliphatic heterocycles. The second-order valence-corrected chi connectivity index (χ2v) is 40.7. The van der Waals surface area contributed by atoms with Crippen molar-refractivity contribution in [2.75, 3.05) is 0 Å². The molecule has 0 saturated heterocycles. The van der Waals surface area contributed by atoms with Crippen LogP contribution in [0.3, 0.4) is 0 Å². The van der Waals surface area contributed by atoms with Crippen LogP contribution in [0.15, 0.2) is 145 Å². The number of aryl methyl sites for hydroxylation is 2. The van der Waals surface area contributed by atoms with Gasteiger partial charge in [0, 0.05) is 55.5 Å². The van der Waals surface area contributed by atoms with Crippen LogP contribution in [0.1, 0.15) is 120 Å². The van der Waals surface area contributed by atoms with Gasteiger partial charge in [0.15, 0.2) is 0 Å². The van der Waals surface area contributed by atoms with Gasteiger partial charge in [0.25, 0.3) is 0 Å². The maximum Gasteiger partial charge on any atom is 1.00 e. The first kappa shape index (κ1) is 107. The molecule has 4 unspecified atom stereocenters. The molecule has 13 heteroatoms. The molecular weight excluding hydrogens is 1980 g/mol. The smallest absolute Gasteiger partial charge is 1.00 e. The van der Waals surface area contributed by atoms with Gasteiger partial charge in [-0.25, -0.2) is 0 Å². The van der Waals surface area contributed by atoms with Crippen LogP contribution in [0.4, 0.5) is 0 Å². The summed E-state index contributed by atoms with van der Waals surface area (Å²) >= 11 is 14.3. The van der Waals surface area contributed by atoms with Gasteiger partial charge in [-0.05, 0) is 90.5 Å². The van der Waals surface area contributed by atoms with E-state index >= 15 is 0 Å². The topological polar surface area (TPSA) is 17.1 Å². The zero-order chi connectivity index (χ0) is 46.8. The number of carbonyl (C=O) groups excluding carboxylic acids is 1. The van der Waals surface area contributed by atoms with E-state index in [9.17, 15) is 4.79 Å². The van der Waals surface area contributed by atoms with Crippen molar-refractivity contribution >= 4 is 142 Å². The van der Waals surface area contributed by atoms with Crippen molar-refractivity contribution in [3.63, 3.8) is 0 Å². The Labute approximate surface area is 714 Å². The molecule has 4 aromatic rings. The van der Waals surface area contributed by atoms with Crippen molar-refractivity contribution < 1.29 is 260 Å². The first-order valence-electron chi connectivity index (χ1n) is 21.6. The minimum Gasteiger partial charge on any atom is 1.00 e. The van der Waals surface area contributed by atoms with Gasteiger partial charge in [-0.15, -0.1) is 0 Å². The second-order valence-electron chi connectivity index (χ2n) is 12.7. The van der Waals surface area contributed by atoms with Gasteiger partial charge in [-0.2, -0.15) is 0 Å². The summed E-state index contributed by atoms with van der Waals surface area (Å²) in [6.07, 6.45) is 26.5. The average Bonchev–Trinajstić information content (AvgIpc) is 3.34. The minimum atomic E-state index is 0. The first-order chi connectivity index (χ1) is 29.9. The molecule has 70 heavy (non-hydrogen) atoms. The van der Waals surface area contributed by atoms with Crippen LogP contribution in [-0.2, 0) is 20.7 Å². The Hall–Kier alpha value is 8.69. The van der Waals surface area contributed by atoms with Gasteiger partial charge in [-0.3, -0.25) is 4.79 Å². The second kappa shape index (κ2) is 79.8. The molecule has 0 heterocycles. The Morgan fingerprint density at radius 3 is 1.37 bits per heavy atom. The average molecular weight is 2070 g/mol. The molecule has 4 aromatic carbocycles. The van der Waals surface area contributed by atoms with E-state index in [1.54, 1.807) is 5.57 Å². The zero-order valence-corrected chi connectivity index (χ0v) is 82.5. The quantitative estimate of drug-likeness (QED) is 0.106. The van der Waals surface area contributed by atoms with Crippen molar-refractivity contribution in [1.29, 1.82) is 0 Å². The van der Waals surface area contributed by atoms with Crippen LogP contribution in [0.25, 0.3) is 21.5 Å². The number of ketones is 1. The summed E-state index contributed by atoms with van der Waals surface area (Å²) < 4.78 is 0. The molecular formula is C57H88I7ORb4V-. The summed E-state index contributed by atoms with van der Waals surface area (Å²) in [5, 5.41) is 5.42. The zero-order valence-electron chi connectivity index (χ0n) is 46.3. The molecule has 0 aromatic heterocycles. The predicted molar refractivity (Wildman–Crippen MR) is 356 cm³/mol. The van der Waals surface area contributed by atoms with Gasteiger partial charge in [0.05, 0.1) is 0 Å². The third kappa shape index (κ3) is 49.0. The van der Waals surface area contributed by atoms with Crippen molar-refractivity contribution in [3.05, 3.63) is 186 Å². The van der Waals surface area contributed by atoms with Crippen LogP contribution < -0.4 is 246 Å². The van der Waals surface area contributed by atoms with E-state index < -0.39 is 0 Å². The third-order valence-corrected chi connectivity index (χ3v) is 9.59. The molecule has 0 N–H and O–H groups in total. The summed E-state index contributed by atoms with van der Waals surface area (Å²) in [5.74, 6) is 2.68. The number of halogens is 7. The fourth-order valence-electron chi connectivity index (χ4n) is 7.00. The first-order valence-corrected chi connectivity index (χ1v) is 49.5. The number of fused-ring (bicyclic) bond motifs is 4. The molecule has 0 radical (unpaired) electrons. The maximum absolute atomic E-state index is 11.3. The Balaban J connectivity index is -0.0000000561. The van der Waals surface area contributed by atoms with E-state index in [1.165, 1.54) is 51.9 Å². The number of hydrogen-bond acceptors (Lipinski definition) is 1. The molecule has 381 valence electrons. The van der Waals surface area contributed by atoms with E-state index in [0.29, 0.717) is 40.3 Å². The Morgan fingerprint density at radius 2 is 0.943 bits per heavy atom. The Bertz CT molecular complexity index is 1810. The molecule has 0 amide bonds. The van der Waals surface area contributed by atoms with Gasteiger partial charge in [-0.1, -0.05) is 215 Å². The fraction of sp³-hybridized carbons (Fsp3) is 0.386. The number of rotatable bonds is 1. The fourth-order valence-corrected chi connectivity index (χ4v) is 7.00. The number of Topliss-reactive ketones (excluding diaryl/α,β-unsaturated/α-hetero) is 1. The molecule has 1 saturated carbocycles. The SMILES string of the molecule is C.CC.CC.CC.CC.CC1=CCCC2C=CC=CC12.CCc1cccc2ccccc12.Cc1cccc2ccccc12.II.I[I-]I.O=C1CCCC2C=CC=CC12.[CH3-].[CH3-].[CH3-].[CH3-].[I][V][I].[Rb+].[Rb+].[Rb+].[Rb+]. The third-order valence-electron chi connectivity index (χ3n) is 9.59. The summed E-state index contributed by atoms with van der Waals surface area (Å²) in [4.78, 5) is 11.3. The van der Waals surface area contributed by atoms with Crippen molar-refractivity contribution in [2.24, 2.45) is 23.7 Å². The molecule has 4 aliphatic rings. The van der Waals surface area contributed by atoms with Crippen LogP contribution in [0.5, 0.6) is 0 Å². The monoisotopic (exact) mass is 2070 g/mol. The predicted octanol–water partition coefficient (Wildman–Crippen LogP) is 8.61. The number of allylic oxidation sites excluding steroid dienone is 10. The molecule has 1 nitrogen and oxygen atoms in total. The van der Waals surface area contributed by atoms with Gasteiger partial charge >= 0.3 is 333 Å². The summed E-state index contributed by atoms with van der Waals surface area (Å²) in [7, 11) is 0.628. The van der Waals surface area contributed by atoms with Crippen LogP contribution in [-0.4, -0.2) is 5.78 Å². The van der Waals surface area contributed by atoms with Crippen LogP contribution in [0.2, 0.25) is 0 Å². The van der Waals surface area contributed by atoms with Crippen LogP contribution in [0, 0.1) is 60.3 Å². The minimum absolute atomic E-state index is 0. The Kier molecular flexibility index (Phi) is 122. The molecule has 0 bridgehead atoms. The van der Waals surface area contributed by atoms with E-state index in [0.717, 1.165) is 25.2 Å². The number of carbonyl (C=O) groups is 1. The van der Waals surface area contributed by atoms with E-state index in [-0.39, 0.29) is 276 Å². The molecule has 4 atom stereocenters. The molecule has 0 spiro atoms. The number of hydrogen-bond donors (Lipinski definition) is 0. The standard InChI is InChI=1S/C12H12.C11H14.C11H10.C10H12O.4C2H6.CH4.4CH3.I3.I2.2HI.4Rb.V/c1-2-10-7-5-8-11-6-3-4-9-12(10)11;2*1-9-5-4-7-10-6-2-3-8-11(9)10;11-10-7-3-5-8-4-1-2-6-9(8)10;4*1-2;;;;;;1-3-2;1-2;;;;;;;/h3-9H,2H2,1H3;2-3,5-6,8,10-11H,4,7H2,1H3;2-8H,1H3;1-2,4,6,8-9H,3,5,7H2;4*1-2H3;1H4;4*1H3;;;2*1H;;;;;/q;;;;;;;;;5*-1;;;;4*+1;+2/p-2. The summed E-state index contributed by atoms with van der Waals surface area (Å²) in [5.41, 5.74) is 4.35. The molecule has 8 rings (SSSR count). The van der Waals surface area contributed by atoms with E-state index in [2.05, 4.69) is 263 Å². The Morgan fingerprint density at radius 1 is 0.571 bits per heavy atom. The normalized spacial score (nSPS) is 15.4. The summed E-state index contributed by atoms with van der Waals surface area (Å²) in [6.45, 7) is 22.6. The van der Waals surface area contributed by atoms with E-state index in [1.807, 2.05) is 67.5 Å². The summed E-state index contributed by atoms with van der Waals surface area (Å²) in [6, 6.07) is 29.8. The molecule has 4 aliphatic carbocycles. The number of benzene rings is 4. The van der Waals surface area contributed by atoms with Crippen molar-refractivity contribution in [1.82, 2.24) is 0 Å². The van der Waals surface area contributed by atoms with Gasteiger partial charge < -0.3 is 29.7 Å². The maximum atomic E-state index is 11.3. The largest absolute Gasteiger partial charge is 1.00 e. The van der Waals surface area contributed by atoms with Crippen molar-refractivity contribution in [3.8, 4) is 0 Å². The van der Waals surface area contributed by atoms with E-state index in [4.69, 9.17) is 0 Å². The van der Waals surface area contributed by atoms with Crippen LogP contribution >= 0.6 is 114 Å². The van der Waals surface area contributed by atoms with Crippen molar-refractivity contribution in [2.45, 2.75) is 122 Å². The van der Waals surface area contributed by atoms with Gasteiger partial charge in [0.1, 0.15) is 5.78 Å². The molecule has 1 fully saturated rings.